The van der Waals surface area contributed by atoms with E-state index in [1.165, 1.54) is 11.1 Å². The second kappa shape index (κ2) is 4.60. The molecule has 0 N–H and O–H groups in total. The first-order chi connectivity index (χ1) is 8.61. The highest BCUT2D eigenvalue weighted by Gasteiger charge is 2.23. The standard InChI is InChI=1S/C15H23BN/c1-5-16(6-2,7-3)15-12-13-10-8-9-11-14(13)17(15)4/h8-12H,5-7H2,1-4H3/q-1/i12D. The minimum absolute atomic E-state index is 0.592. The number of hydrogen-bond acceptors (Lipinski definition) is 0. The molecule has 0 amide bonds. The minimum Gasteiger partial charge on any atom is -0.386 e. The van der Waals surface area contributed by atoms with Gasteiger partial charge in [0.25, 0.3) is 0 Å². The van der Waals surface area contributed by atoms with Crippen LogP contribution in [0.15, 0.2) is 30.3 Å². The summed E-state index contributed by atoms with van der Waals surface area (Å²) in [6, 6.07) is 9.03. The molecule has 17 heavy (non-hydrogen) atoms. The van der Waals surface area contributed by atoms with Crippen LogP contribution in [-0.2, 0) is 7.05 Å². The first kappa shape index (κ1) is 10.9. The van der Waals surface area contributed by atoms with Gasteiger partial charge >= 0.3 is 0 Å². The van der Waals surface area contributed by atoms with Gasteiger partial charge in [-0.2, -0.15) is 19.0 Å². The Morgan fingerprint density at radius 1 is 1.12 bits per heavy atom. The molecule has 0 spiro atoms. The van der Waals surface area contributed by atoms with E-state index in [9.17, 15) is 0 Å². The normalized spacial score (nSPS) is 13.1. The topological polar surface area (TPSA) is 4.93 Å². The molecule has 2 rings (SSSR count). The molecule has 0 aliphatic carbocycles. The van der Waals surface area contributed by atoms with Crippen LogP contribution < -0.4 is 5.59 Å². The number of fused-ring (bicyclic) bond motifs is 1. The van der Waals surface area contributed by atoms with Crippen molar-refractivity contribution in [2.75, 3.05) is 0 Å². The summed E-state index contributed by atoms with van der Waals surface area (Å²) in [6.45, 7) is 6.80. The van der Waals surface area contributed by atoms with Crippen LogP contribution in [0.5, 0.6) is 0 Å². The van der Waals surface area contributed by atoms with E-state index in [0.717, 1.165) is 30.4 Å². The first-order valence-electron chi connectivity index (χ1n) is 7.36. The van der Waals surface area contributed by atoms with Gasteiger partial charge in [0, 0.05) is 18.7 Å². The van der Waals surface area contributed by atoms with Crippen molar-refractivity contribution in [3.8, 4) is 0 Å². The van der Waals surface area contributed by atoms with Crippen molar-refractivity contribution in [2.24, 2.45) is 7.05 Å². The van der Waals surface area contributed by atoms with Gasteiger partial charge in [-0.1, -0.05) is 45.0 Å². The highest BCUT2D eigenvalue weighted by atomic mass is 14.9. The van der Waals surface area contributed by atoms with Crippen molar-refractivity contribution < 1.29 is 1.37 Å². The lowest BCUT2D eigenvalue weighted by molar-refractivity contribution is 0.983. The number of aryl methyl sites for hydroxylation is 1. The molecule has 0 fully saturated rings. The van der Waals surface area contributed by atoms with E-state index in [4.69, 9.17) is 1.37 Å². The molecule has 0 saturated heterocycles. The van der Waals surface area contributed by atoms with E-state index < -0.39 is 6.15 Å². The van der Waals surface area contributed by atoms with Gasteiger partial charge in [-0.25, -0.2) is 0 Å². The van der Waals surface area contributed by atoms with Crippen LogP contribution in [0.25, 0.3) is 10.9 Å². The Morgan fingerprint density at radius 3 is 2.24 bits per heavy atom. The summed E-state index contributed by atoms with van der Waals surface area (Å²) in [5, 5.41) is 1.09. The van der Waals surface area contributed by atoms with E-state index in [-0.39, 0.29) is 0 Å². The van der Waals surface area contributed by atoms with Crippen LogP contribution in [0, 0.1) is 0 Å². The van der Waals surface area contributed by atoms with Crippen LogP contribution in [0.4, 0.5) is 0 Å². The van der Waals surface area contributed by atoms with Gasteiger partial charge in [0.1, 0.15) is 0 Å². The zero-order chi connectivity index (χ0) is 13.3. The van der Waals surface area contributed by atoms with Gasteiger partial charge < -0.3 is 4.57 Å². The van der Waals surface area contributed by atoms with Crippen LogP contribution in [0.3, 0.4) is 0 Å². The van der Waals surface area contributed by atoms with E-state index in [1.807, 2.05) is 6.07 Å². The maximum Gasteiger partial charge on any atom is 0.0611 e. The van der Waals surface area contributed by atoms with Crippen molar-refractivity contribution in [1.29, 1.82) is 0 Å². The molecule has 0 saturated carbocycles. The molecule has 1 aromatic carbocycles. The first-order valence-corrected chi connectivity index (χ1v) is 6.86. The molecule has 1 aromatic heterocycles. The quantitative estimate of drug-likeness (QED) is 0.701. The third-order valence-corrected chi connectivity index (χ3v) is 4.81. The lowest BCUT2D eigenvalue weighted by Gasteiger charge is -2.37. The number of rotatable bonds is 4. The van der Waals surface area contributed by atoms with Crippen LogP contribution >= 0.6 is 0 Å². The van der Waals surface area contributed by atoms with Gasteiger partial charge in [-0.15, -0.1) is 5.59 Å². The fraction of sp³-hybridized carbons (Fsp3) is 0.467. The van der Waals surface area contributed by atoms with Crippen LogP contribution in [0.1, 0.15) is 22.1 Å². The molecule has 2 heteroatoms. The zero-order valence-corrected chi connectivity index (χ0v) is 11.5. The zero-order valence-electron chi connectivity index (χ0n) is 12.5. The highest BCUT2D eigenvalue weighted by molar-refractivity contribution is 6.91. The number of para-hydroxylation sites is 1. The fourth-order valence-electron chi connectivity index (χ4n) is 3.23. The number of aromatic nitrogens is 1. The molecule has 0 radical (unpaired) electrons. The van der Waals surface area contributed by atoms with Gasteiger partial charge in [0.15, 0.2) is 0 Å². The second-order valence-electron chi connectivity index (χ2n) is 5.29. The van der Waals surface area contributed by atoms with Crippen LogP contribution in [-0.4, -0.2) is 10.7 Å². The lowest BCUT2D eigenvalue weighted by Crippen LogP contribution is -2.48. The Bertz CT molecular complexity index is 508. The monoisotopic (exact) mass is 229 g/mol. The van der Waals surface area contributed by atoms with Crippen molar-refractivity contribution in [1.82, 2.24) is 4.57 Å². The molecular formula is C15H23BN-. The smallest absolute Gasteiger partial charge is 0.0611 e. The largest absolute Gasteiger partial charge is 0.386 e. The van der Waals surface area contributed by atoms with E-state index in [2.05, 4.69) is 50.6 Å². The Kier molecular flexibility index (Phi) is 2.96. The molecule has 0 bridgehead atoms. The summed E-state index contributed by atoms with van der Waals surface area (Å²) in [5.74, 6) is 0. The molecule has 1 heterocycles. The summed E-state index contributed by atoms with van der Waals surface area (Å²) in [7, 11) is 2.12. The predicted octanol–water partition coefficient (Wildman–Crippen LogP) is 3.89. The third kappa shape index (κ3) is 1.80. The molecule has 0 aliphatic rings. The molecule has 92 valence electrons. The fourth-order valence-corrected chi connectivity index (χ4v) is 3.23. The molecule has 2 aromatic rings. The van der Waals surface area contributed by atoms with Crippen molar-refractivity contribution >= 4 is 22.6 Å². The Morgan fingerprint density at radius 2 is 1.71 bits per heavy atom. The van der Waals surface area contributed by atoms with Gasteiger partial charge in [-0.05, 0) is 11.5 Å². The van der Waals surface area contributed by atoms with Crippen molar-refractivity contribution in [3.63, 3.8) is 0 Å². The number of benzene rings is 1. The summed E-state index contributed by atoms with van der Waals surface area (Å²) < 4.78 is 10.8. The van der Waals surface area contributed by atoms with Gasteiger partial charge in [0.2, 0.25) is 0 Å². The summed E-state index contributed by atoms with van der Waals surface area (Å²) >= 11 is 0. The van der Waals surface area contributed by atoms with Crippen molar-refractivity contribution in [2.45, 2.75) is 39.7 Å². The van der Waals surface area contributed by atoms with E-state index in [0.29, 0.717) is 0 Å². The summed E-state index contributed by atoms with van der Waals surface area (Å²) in [6.07, 6.45) is 2.88. The van der Waals surface area contributed by atoms with E-state index >= 15 is 0 Å². The molecular weight excluding hydrogens is 205 g/mol. The average Bonchev–Trinajstić information content (AvgIpc) is 2.67. The highest BCUT2D eigenvalue weighted by Crippen LogP contribution is 2.23. The van der Waals surface area contributed by atoms with Gasteiger partial charge in [-0.3, -0.25) is 0 Å². The molecule has 1 nitrogen and oxygen atoms in total. The maximum atomic E-state index is 8.52. The minimum atomic E-state index is -0.592. The maximum absolute atomic E-state index is 8.52. The second-order valence-corrected chi connectivity index (χ2v) is 5.29. The Labute approximate surface area is 106 Å². The lowest BCUT2D eigenvalue weighted by atomic mass is 9.19. The third-order valence-electron chi connectivity index (χ3n) is 4.81. The Hall–Kier alpha value is -1.18. The Balaban J connectivity index is 2.78. The number of hydrogen-bond donors (Lipinski definition) is 0. The molecule has 0 unspecified atom stereocenters. The van der Waals surface area contributed by atoms with E-state index in [1.54, 1.807) is 0 Å². The predicted molar refractivity (Wildman–Crippen MR) is 79.8 cm³/mol. The summed E-state index contributed by atoms with van der Waals surface area (Å²) in [4.78, 5) is 0. The van der Waals surface area contributed by atoms with Crippen LogP contribution in [0.2, 0.25) is 19.0 Å². The van der Waals surface area contributed by atoms with Gasteiger partial charge in [0.05, 0.1) is 1.37 Å². The molecule has 0 atom stereocenters. The summed E-state index contributed by atoms with van der Waals surface area (Å²) in [5.41, 5.74) is 2.46. The molecule has 0 aliphatic heterocycles. The number of nitrogens with zero attached hydrogens (tertiary/aromatic N) is 1. The average molecular weight is 229 g/mol. The SMILES string of the molecule is [2H]c1c([B-](CC)(CC)CC)n(C)c2ccccc12. The van der Waals surface area contributed by atoms with Crippen molar-refractivity contribution in [3.05, 3.63) is 30.3 Å².